The summed E-state index contributed by atoms with van der Waals surface area (Å²) < 4.78 is 21.7. The molecule has 0 aliphatic carbocycles. The van der Waals surface area contributed by atoms with Gasteiger partial charge in [-0.3, -0.25) is 14.6 Å². The number of carbonyl (C=O) groups excluding carboxylic acids is 2. The molecule has 0 bridgehead atoms. The quantitative estimate of drug-likeness (QED) is 0.289. The predicted molar refractivity (Wildman–Crippen MR) is 131 cm³/mol. The van der Waals surface area contributed by atoms with Gasteiger partial charge in [0.1, 0.15) is 11.5 Å². The maximum atomic E-state index is 13.4. The van der Waals surface area contributed by atoms with E-state index >= 15 is 0 Å². The van der Waals surface area contributed by atoms with E-state index in [4.69, 9.17) is 18.9 Å². The number of benzene rings is 2. The summed E-state index contributed by atoms with van der Waals surface area (Å²) in [5, 5.41) is 11.3. The van der Waals surface area contributed by atoms with E-state index in [0.29, 0.717) is 34.1 Å². The summed E-state index contributed by atoms with van der Waals surface area (Å²) in [6, 6.07) is 12.6. The van der Waals surface area contributed by atoms with Gasteiger partial charge >= 0.3 is 0 Å². The Balaban J connectivity index is 1.95. The number of methoxy groups -OCH3 is 4. The molecule has 1 saturated heterocycles. The molecule has 1 aliphatic heterocycles. The van der Waals surface area contributed by atoms with Crippen molar-refractivity contribution in [2.45, 2.75) is 12.6 Å². The first-order valence-electron chi connectivity index (χ1n) is 11.0. The van der Waals surface area contributed by atoms with Crippen LogP contribution in [0.15, 0.2) is 66.5 Å². The fraction of sp³-hybridized carbons (Fsp3) is 0.222. The number of ether oxygens (including phenoxy) is 4. The molecule has 1 N–H and O–H groups in total. The molecule has 4 rings (SSSR count). The molecule has 2 aromatic carbocycles. The number of aromatic nitrogens is 1. The molecule has 186 valence electrons. The summed E-state index contributed by atoms with van der Waals surface area (Å²) in [5.74, 6) is -0.302. The van der Waals surface area contributed by atoms with Crippen LogP contribution >= 0.6 is 0 Å². The zero-order chi connectivity index (χ0) is 25.8. The Morgan fingerprint density at radius 3 is 2.17 bits per heavy atom. The maximum absolute atomic E-state index is 13.4. The molecular formula is C27H26N2O7. The largest absolute Gasteiger partial charge is 0.507 e. The number of aliphatic hydroxyl groups excluding tert-OH is 1. The van der Waals surface area contributed by atoms with E-state index in [0.717, 1.165) is 5.56 Å². The molecular weight excluding hydrogens is 464 g/mol. The second kappa shape index (κ2) is 10.4. The van der Waals surface area contributed by atoms with Crippen molar-refractivity contribution in [1.82, 2.24) is 9.88 Å². The lowest BCUT2D eigenvalue weighted by molar-refractivity contribution is -0.140. The lowest BCUT2D eigenvalue weighted by atomic mass is 9.94. The van der Waals surface area contributed by atoms with Gasteiger partial charge in [0, 0.05) is 24.5 Å². The van der Waals surface area contributed by atoms with E-state index in [1.54, 1.807) is 60.9 Å². The zero-order valence-corrected chi connectivity index (χ0v) is 20.3. The molecule has 1 unspecified atom stereocenters. The Bertz CT molecular complexity index is 1300. The monoisotopic (exact) mass is 490 g/mol. The van der Waals surface area contributed by atoms with Crippen molar-refractivity contribution in [2.75, 3.05) is 28.4 Å². The molecule has 1 aromatic heterocycles. The van der Waals surface area contributed by atoms with Gasteiger partial charge in [-0.05, 0) is 47.5 Å². The van der Waals surface area contributed by atoms with Crippen LogP contribution in [0.3, 0.4) is 0 Å². The molecule has 1 aliphatic rings. The van der Waals surface area contributed by atoms with E-state index in [1.807, 2.05) is 0 Å². The molecule has 1 fully saturated rings. The minimum absolute atomic E-state index is 0.0587. The van der Waals surface area contributed by atoms with Crippen LogP contribution in [0.5, 0.6) is 23.0 Å². The number of likely N-dealkylation sites (tertiary alicyclic amines) is 1. The van der Waals surface area contributed by atoms with Crippen LogP contribution in [-0.4, -0.2) is 55.1 Å². The van der Waals surface area contributed by atoms with Gasteiger partial charge in [-0.2, -0.15) is 0 Å². The number of Topliss-reactive ketones (excluding diaryl/α,β-unsaturated/α-hetero) is 1. The Hall–Kier alpha value is -4.53. The first kappa shape index (κ1) is 24.6. The van der Waals surface area contributed by atoms with Gasteiger partial charge in [0.15, 0.2) is 11.5 Å². The summed E-state index contributed by atoms with van der Waals surface area (Å²) in [6.07, 6.45) is 3.22. The third-order valence-corrected chi connectivity index (χ3v) is 5.99. The number of nitrogens with zero attached hydrogens (tertiary/aromatic N) is 2. The number of carbonyl (C=O) groups is 2. The van der Waals surface area contributed by atoms with E-state index in [2.05, 4.69) is 4.98 Å². The molecule has 0 radical (unpaired) electrons. The number of hydrogen-bond donors (Lipinski definition) is 1. The maximum Gasteiger partial charge on any atom is 0.295 e. The Kier molecular flexibility index (Phi) is 7.10. The van der Waals surface area contributed by atoms with Crippen LogP contribution in [0.1, 0.15) is 22.7 Å². The third kappa shape index (κ3) is 4.43. The van der Waals surface area contributed by atoms with Crippen molar-refractivity contribution in [3.63, 3.8) is 0 Å². The van der Waals surface area contributed by atoms with Crippen LogP contribution in [0.4, 0.5) is 0 Å². The first-order valence-corrected chi connectivity index (χ1v) is 11.0. The molecule has 2 heterocycles. The highest BCUT2D eigenvalue weighted by atomic mass is 16.5. The van der Waals surface area contributed by atoms with Gasteiger partial charge in [-0.25, -0.2) is 0 Å². The SMILES string of the molecule is COc1cccc(C(O)=C2C(=O)C(=O)N(Cc3ccncc3)C2c2cc(OC)c(OC)c(OC)c2)c1. The summed E-state index contributed by atoms with van der Waals surface area (Å²) in [4.78, 5) is 32.1. The normalized spacial score (nSPS) is 16.7. The first-order chi connectivity index (χ1) is 17.4. The van der Waals surface area contributed by atoms with Crippen molar-refractivity contribution in [3.8, 4) is 23.0 Å². The number of rotatable bonds is 8. The average molecular weight is 491 g/mol. The Morgan fingerprint density at radius 1 is 0.917 bits per heavy atom. The van der Waals surface area contributed by atoms with Crippen molar-refractivity contribution in [3.05, 3.63) is 83.2 Å². The standard InChI is InChI=1S/C27H26N2O7/c1-33-19-7-5-6-17(12-19)24(30)22-23(18-13-20(34-2)26(36-4)21(14-18)35-3)29(27(32)25(22)31)15-16-8-10-28-11-9-16/h5-14,23,30H,15H2,1-4H3. The van der Waals surface area contributed by atoms with Gasteiger partial charge < -0.3 is 29.0 Å². The Labute approximate surface area is 208 Å². The lowest BCUT2D eigenvalue weighted by Crippen LogP contribution is -2.29. The van der Waals surface area contributed by atoms with Crippen molar-refractivity contribution in [1.29, 1.82) is 0 Å². The number of aliphatic hydroxyl groups is 1. The van der Waals surface area contributed by atoms with E-state index < -0.39 is 17.7 Å². The number of hydrogen-bond acceptors (Lipinski definition) is 8. The van der Waals surface area contributed by atoms with E-state index in [1.165, 1.54) is 33.3 Å². The van der Waals surface area contributed by atoms with Crippen molar-refractivity contribution >= 4 is 17.4 Å². The highest BCUT2D eigenvalue weighted by Crippen LogP contribution is 2.46. The van der Waals surface area contributed by atoms with Crippen molar-refractivity contribution in [2.24, 2.45) is 0 Å². The summed E-state index contributed by atoms with van der Waals surface area (Å²) in [5.41, 5.74) is 1.55. The van der Waals surface area contributed by atoms with Gasteiger partial charge in [0.25, 0.3) is 11.7 Å². The van der Waals surface area contributed by atoms with Gasteiger partial charge in [-0.15, -0.1) is 0 Å². The van der Waals surface area contributed by atoms with E-state index in [9.17, 15) is 14.7 Å². The van der Waals surface area contributed by atoms with Crippen LogP contribution in [0.25, 0.3) is 5.76 Å². The molecule has 9 nitrogen and oxygen atoms in total. The predicted octanol–water partition coefficient (Wildman–Crippen LogP) is 3.74. The van der Waals surface area contributed by atoms with Gasteiger partial charge in [0.05, 0.1) is 40.1 Å². The van der Waals surface area contributed by atoms with Crippen LogP contribution in [-0.2, 0) is 16.1 Å². The third-order valence-electron chi connectivity index (χ3n) is 5.99. The summed E-state index contributed by atoms with van der Waals surface area (Å²) >= 11 is 0. The highest BCUT2D eigenvalue weighted by Gasteiger charge is 2.46. The second-order valence-corrected chi connectivity index (χ2v) is 7.97. The molecule has 0 saturated carbocycles. The minimum Gasteiger partial charge on any atom is -0.507 e. The molecule has 0 spiro atoms. The number of ketones is 1. The summed E-state index contributed by atoms with van der Waals surface area (Å²) in [7, 11) is 5.94. The van der Waals surface area contributed by atoms with Crippen LogP contribution in [0, 0.1) is 0 Å². The fourth-order valence-corrected chi connectivity index (χ4v) is 4.26. The Morgan fingerprint density at radius 2 is 1.58 bits per heavy atom. The fourth-order valence-electron chi connectivity index (χ4n) is 4.26. The van der Waals surface area contributed by atoms with Crippen LogP contribution < -0.4 is 18.9 Å². The topological polar surface area (TPSA) is 107 Å². The van der Waals surface area contributed by atoms with Crippen molar-refractivity contribution < 1.29 is 33.6 Å². The molecule has 3 aromatic rings. The molecule has 36 heavy (non-hydrogen) atoms. The van der Waals surface area contributed by atoms with Gasteiger partial charge in [0.2, 0.25) is 5.75 Å². The highest BCUT2D eigenvalue weighted by molar-refractivity contribution is 6.46. The number of pyridine rings is 1. The molecule has 9 heteroatoms. The lowest BCUT2D eigenvalue weighted by Gasteiger charge is -2.26. The average Bonchev–Trinajstić information content (AvgIpc) is 3.17. The van der Waals surface area contributed by atoms with E-state index in [-0.39, 0.29) is 17.9 Å². The zero-order valence-electron chi connectivity index (χ0n) is 20.3. The number of amides is 1. The summed E-state index contributed by atoms with van der Waals surface area (Å²) in [6.45, 7) is 0.114. The molecule has 1 amide bonds. The van der Waals surface area contributed by atoms with Gasteiger partial charge in [-0.1, -0.05) is 12.1 Å². The second-order valence-electron chi connectivity index (χ2n) is 7.97. The molecule has 1 atom stereocenters. The smallest absolute Gasteiger partial charge is 0.295 e. The van der Waals surface area contributed by atoms with Crippen LogP contribution in [0.2, 0.25) is 0 Å². The minimum atomic E-state index is -0.932.